The van der Waals surface area contributed by atoms with E-state index in [0.717, 1.165) is 5.56 Å². The first-order chi connectivity index (χ1) is 6.27. The lowest BCUT2D eigenvalue weighted by atomic mass is 10.2. The highest BCUT2D eigenvalue weighted by molar-refractivity contribution is 5.55. The van der Waals surface area contributed by atoms with Crippen LogP contribution in [-0.4, -0.2) is 11.7 Å². The predicted octanol–water partition coefficient (Wildman–Crippen LogP) is 2.82. The monoisotopic (exact) mass is 178 g/mol. The molecule has 0 aliphatic rings. The van der Waals surface area contributed by atoms with E-state index < -0.39 is 0 Å². The molecule has 1 aromatic rings. The predicted molar refractivity (Wildman–Crippen MR) is 54.0 cm³/mol. The lowest BCUT2D eigenvalue weighted by Crippen LogP contribution is -1.91. The number of ether oxygens (including phenoxy) is 1. The SMILES string of the molecule is CC=Cc1ccc(O)c(OCC)c1. The molecule has 0 amide bonds. The third-order valence-corrected chi connectivity index (χ3v) is 1.64. The number of hydrogen-bond donors (Lipinski definition) is 1. The molecule has 0 aliphatic carbocycles. The van der Waals surface area contributed by atoms with Crippen molar-refractivity contribution in [2.45, 2.75) is 13.8 Å². The minimum absolute atomic E-state index is 0.190. The van der Waals surface area contributed by atoms with Crippen molar-refractivity contribution < 1.29 is 9.84 Å². The molecule has 1 aromatic carbocycles. The topological polar surface area (TPSA) is 29.5 Å². The first kappa shape index (κ1) is 9.65. The molecular formula is C11H14O2. The number of phenols is 1. The van der Waals surface area contributed by atoms with Gasteiger partial charge < -0.3 is 9.84 Å². The largest absolute Gasteiger partial charge is 0.504 e. The van der Waals surface area contributed by atoms with Crippen LogP contribution in [0.15, 0.2) is 24.3 Å². The number of allylic oxidation sites excluding steroid dienone is 1. The van der Waals surface area contributed by atoms with Crippen molar-refractivity contribution in [3.05, 3.63) is 29.8 Å². The summed E-state index contributed by atoms with van der Waals surface area (Å²) < 4.78 is 5.24. The number of aromatic hydroxyl groups is 1. The third-order valence-electron chi connectivity index (χ3n) is 1.64. The van der Waals surface area contributed by atoms with Crippen LogP contribution in [0.2, 0.25) is 0 Å². The Bertz CT molecular complexity index is 303. The average Bonchev–Trinajstić information content (AvgIpc) is 2.12. The number of benzene rings is 1. The van der Waals surface area contributed by atoms with E-state index in [9.17, 15) is 5.11 Å². The molecule has 0 aromatic heterocycles. The fourth-order valence-electron chi connectivity index (χ4n) is 1.10. The quantitative estimate of drug-likeness (QED) is 0.771. The van der Waals surface area contributed by atoms with Crippen LogP contribution in [0.3, 0.4) is 0 Å². The van der Waals surface area contributed by atoms with Crippen molar-refractivity contribution in [3.8, 4) is 11.5 Å². The lowest BCUT2D eigenvalue weighted by molar-refractivity contribution is 0.318. The molecule has 70 valence electrons. The Morgan fingerprint density at radius 2 is 2.23 bits per heavy atom. The van der Waals surface area contributed by atoms with Gasteiger partial charge in [-0.1, -0.05) is 18.2 Å². The zero-order valence-corrected chi connectivity index (χ0v) is 7.95. The van der Waals surface area contributed by atoms with Crippen LogP contribution >= 0.6 is 0 Å². The molecule has 2 nitrogen and oxygen atoms in total. The molecule has 0 aliphatic heterocycles. The van der Waals surface area contributed by atoms with E-state index in [0.29, 0.717) is 12.4 Å². The highest BCUT2D eigenvalue weighted by Gasteiger charge is 2.00. The van der Waals surface area contributed by atoms with E-state index in [4.69, 9.17) is 4.74 Å². The fraction of sp³-hybridized carbons (Fsp3) is 0.273. The number of phenolic OH excluding ortho intramolecular Hbond substituents is 1. The fourth-order valence-corrected chi connectivity index (χ4v) is 1.10. The Morgan fingerprint density at radius 3 is 2.85 bits per heavy atom. The summed E-state index contributed by atoms with van der Waals surface area (Å²) in [6.07, 6.45) is 3.91. The third kappa shape index (κ3) is 2.51. The van der Waals surface area contributed by atoms with E-state index >= 15 is 0 Å². The summed E-state index contributed by atoms with van der Waals surface area (Å²) in [6.45, 7) is 4.40. The van der Waals surface area contributed by atoms with Crippen molar-refractivity contribution in [1.29, 1.82) is 0 Å². The van der Waals surface area contributed by atoms with Crippen molar-refractivity contribution in [2.75, 3.05) is 6.61 Å². The van der Waals surface area contributed by atoms with Gasteiger partial charge in [0.25, 0.3) is 0 Å². The maximum atomic E-state index is 9.39. The van der Waals surface area contributed by atoms with Crippen LogP contribution in [0.4, 0.5) is 0 Å². The summed E-state index contributed by atoms with van der Waals surface area (Å²) in [6, 6.07) is 5.30. The Hall–Kier alpha value is -1.44. The zero-order chi connectivity index (χ0) is 9.68. The molecule has 0 bridgehead atoms. The van der Waals surface area contributed by atoms with Gasteiger partial charge in [0.05, 0.1) is 6.61 Å². The van der Waals surface area contributed by atoms with Crippen LogP contribution in [-0.2, 0) is 0 Å². The number of rotatable bonds is 3. The van der Waals surface area contributed by atoms with Crippen LogP contribution in [0.25, 0.3) is 6.08 Å². The van der Waals surface area contributed by atoms with Crippen LogP contribution in [0.5, 0.6) is 11.5 Å². The highest BCUT2D eigenvalue weighted by atomic mass is 16.5. The smallest absolute Gasteiger partial charge is 0.161 e. The molecule has 0 spiro atoms. The maximum absolute atomic E-state index is 9.39. The summed E-state index contributed by atoms with van der Waals surface area (Å²) in [5.74, 6) is 0.730. The number of hydrogen-bond acceptors (Lipinski definition) is 2. The average molecular weight is 178 g/mol. The summed E-state index contributed by atoms with van der Waals surface area (Å²) in [7, 11) is 0. The van der Waals surface area contributed by atoms with Gasteiger partial charge in [-0.25, -0.2) is 0 Å². The van der Waals surface area contributed by atoms with Crippen molar-refractivity contribution >= 4 is 6.08 Å². The summed E-state index contributed by atoms with van der Waals surface area (Å²) in [4.78, 5) is 0. The lowest BCUT2D eigenvalue weighted by Gasteiger charge is -2.05. The minimum atomic E-state index is 0.190. The molecular weight excluding hydrogens is 164 g/mol. The van der Waals surface area contributed by atoms with Gasteiger partial charge in [-0.2, -0.15) is 0 Å². The highest BCUT2D eigenvalue weighted by Crippen LogP contribution is 2.27. The van der Waals surface area contributed by atoms with Crippen LogP contribution < -0.4 is 4.74 Å². The van der Waals surface area contributed by atoms with Gasteiger partial charge in [-0.05, 0) is 31.5 Å². The van der Waals surface area contributed by atoms with Crippen LogP contribution in [0.1, 0.15) is 19.4 Å². The normalized spacial score (nSPS) is 10.6. The molecule has 0 saturated heterocycles. The van der Waals surface area contributed by atoms with Gasteiger partial charge in [0.15, 0.2) is 11.5 Å². The summed E-state index contributed by atoms with van der Waals surface area (Å²) in [5, 5.41) is 9.39. The molecule has 0 fully saturated rings. The summed E-state index contributed by atoms with van der Waals surface area (Å²) in [5.41, 5.74) is 1.03. The Morgan fingerprint density at radius 1 is 1.46 bits per heavy atom. The molecule has 0 radical (unpaired) electrons. The second-order valence-corrected chi connectivity index (χ2v) is 2.66. The van der Waals surface area contributed by atoms with Gasteiger partial charge in [0, 0.05) is 0 Å². The van der Waals surface area contributed by atoms with Gasteiger partial charge in [0.1, 0.15) is 0 Å². The zero-order valence-electron chi connectivity index (χ0n) is 7.95. The molecule has 0 unspecified atom stereocenters. The Labute approximate surface area is 78.5 Å². The van der Waals surface area contributed by atoms with Gasteiger partial charge in [-0.15, -0.1) is 0 Å². The first-order valence-corrected chi connectivity index (χ1v) is 4.36. The van der Waals surface area contributed by atoms with Gasteiger partial charge >= 0.3 is 0 Å². The standard InChI is InChI=1S/C11H14O2/c1-3-5-9-6-7-10(12)11(8-9)13-4-2/h3,5-8,12H,4H2,1-2H3. The molecule has 1 N–H and O–H groups in total. The molecule has 0 atom stereocenters. The Kier molecular flexibility index (Phi) is 3.38. The van der Waals surface area contributed by atoms with E-state index in [1.807, 2.05) is 38.1 Å². The molecule has 0 heterocycles. The van der Waals surface area contributed by atoms with Crippen LogP contribution in [0, 0.1) is 0 Å². The molecule has 13 heavy (non-hydrogen) atoms. The second-order valence-electron chi connectivity index (χ2n) is 2.66. The van der Waals surface area contributed by atoms with E-state index in [1.165, 1.54) is 0 Å². The van der Waals surface area contributed by atoms with Gasteiger partial charge in [-0.3, -0.25) is 0 Å². The van der Waals surface area contributed by atoms with E-state index in [-0.39, 0.29) is 5.75 Å². The van der Waals surface area contributed by atoms with E-state index in [1.54, 1.807) is 6.07 Å². The van der Waals surface area contributed by atoms with E-state index in [2.05, 4.69) is 0 Å². The molecule has 2 heteroatoms. The summed E-state index contributed by atoms with van der Waals surface area (Å²) >= 11 is 0. The van der Waals surface area contributed by atoms with Crippen molar-refractivity contribution in [3.63, 3.8) is 0 Å². The molecule has 0 saturated carbocycles. The maximum Gasteiger partial charge on any atom is 0.161 e. The first-order valence-electron chi connectivity index (χ1n) is 4.36. The molecule has 1 rings (SSSR count). The van der Waals surface area contributed by atoms with Crippen molar-refractivity contribution in [1.82, 2.24) is 0 Å². The van der Waals surface area contributed by atoms with Gasteiger partial charge in [0.2, 0.25) is 0 Å². The minimum Gasteiger partial charge on any atom is -0.504 e. The second kappa shape index (κ2) is 4.55. The Balaban J connectivity index is 2.96. The van der Waals surface area contributed by atoms with Crippen molar-refractivity contribution in [2.24, 2.45) is 0 Å².